The van der Waals surface area contributed by atoms with Crippen LogP contribution in [-0.4, -0.2) is 30.7 Å². The monoisotopic (exact) mass is 333 g/mol. The van der Waals surface area contributed by atoms with E-state index in [1.807, 2.05) is 48.2 Å². The van der Waals surface area contributed by atoms with Crippen molar-refractivity contribution in [2.45, 2.75) is 6.92 Å². The lowest BCUT2D eigenvalue weighted by Gasteiger charge is -2.24. The van der Waals surface area contributed by atoms with Crippen LogP contribution in [-0.2, 0) is 0 Å². The van der Waals surface area contributed by atoms with Crippen molar-refractivity contribution in [2.75, 3.05) is 25.7 Å². The molecule has 5 nitrogen and oxygen atoms in total. The van der Waals surface area contributed by atoms with Crippen LogP contribution in [0.1, 0.15) is 5.69 Å². The maximum Gasteiger partial charge on any atom is 0.124 e. The van der Waals surface area contributed by atoms with Gasteiger partial charge in [0.15, 0.2) is 0 Å². The summed E-state index contributed by atoms with van der Waals surface area (Å²) in [6, 6.07) is 11.6. The molecule has 25 heavy (non-hydrogen) atoms. The van der Waals surface area contributed by atoms with Gasteiger partial charge < -0.3 is 14.4 Å². The van der Waals surface area contributed by atoms with Gasteiger partial charge in [-0.2, -0.15) is 0 Å². The zero-order chi connectivity index (χ0) is 17.8. The Morgan fingerprint density at radius 1 is 1.00 bits per heavy atom. The molecule has 0 saturated carbocycles. The normalized spacial score (nSPS) is 10.3. The molecule has 0 aliphatic carbocycles. The van der Waals surface area contributed by atoms with Crippen molar-refractivity contribution in [3.8, 4) is 23.8 Å². The molecule has 0 saturated heterocycles. The molecule has 5 heteroatoms. The van der Waals surface area contributed by atoms with E-state index in [1.165, 1.54) is 0 Å². The van der Waals surface area contributed by atoms with Gasteiger partial charge in [0.25, 0.3) is 0 Å². The van der Waals surface area contributed by atoms with Gasteiger partial charge in [-0.1, -0.05) is 5.92 Å². The standard InChI is InChI=1S/C20H19N3O2/c1-5-8-23(16-9-17(24-3)12-18(10-16)25-4)15-6-7-19-20(11-15)22-14(2)13-21-19/h1,6-7,9-13H,8H2,2-4H3. The van der Waals surface area contributed by atoms with Gasteiger partial charge in [-0.25, -0.2) is 4.98 Å². The van der Waals surface area contributed by atoms with E-state index in [1.54, 1.807) is 20.4 Å². The summed E-state index contributed by atoms with van der Waals surface area (Å²) >= 11 is 0. The second kappa shape index (κ2) is 7.10. The number of hydrogen-bond donors (Lipinski definition) is 0. The van der Waals surface area contributed by atoms with Crippen LogP contribution in [0.5, 0.6) is 11.5 Å². The maximum atomic E-state index is 5.60. The molecule has 0 aliphatic heterocycles. The Morgan fingerprint density at radius 2 is 1.72 bits per heavy atom. The Kier molecular flexibility index (Phi) is 4.71. The summed E-state index contributed by atoms with van der Waals surface area (Å²) in [5, 5.41) is 0. The molecule has 0 N–H and O–H groups in total. The minimum Gasteiger partial charge on any atom is -0.497 e. The molecular formula is C20H19N3O2. The van der Waals surface area contributed by atoms with Gasteiger partial charge in [0.05, 0.1) is 37.5 Å². The van der Waals surface area contributed by atoms with E-state index in [0.29, 0.717) is 18.0 Å². The van der Waals surface area contributed by atoms with Gasteiger partial charge in [0.2, 0.25) is 0 Å². The predicted molar refractivity (Wildman–Crippen MR) is 99.7 cm³/mol. The van der Waals surface area contributed by atoms with Gasteiger partial charge in [0.1, 0.15) is 11.5 Å². The number of aryl methyl sites for hydroxylation is 1. The smallest absolute Gasteiger partial charge is 0.124 e. The predicted octanol–water partition coefficient (Wildman–Crippen LogP) is 3.73. The van der Waals surface area contributed by atoms with Crippen molar-refractivity contribution in [3.05, 3.63) is 48.3 Å². The largest absolute Gasteiger partial charge is 0.497 e. The first-order chi connectivity index (χ1) is 12.1. The molecule has 2 aromatic carbocycles. The molecule has 1 aromatic heterocycles. The van der Waals surface area contributed by atoms with Crippen LogP contribution < -0.4 is 14.4 Å². The highest BCUT2D eigenvalue weighted by molar-refractivity contribution is 5.81. The summed E-state index contributed by atoms with van der Waals surface area (Å²) in [6.45, 7) is 2.33. The lowest BCUT2D eigenvalue weighted by Crippen LogP contribution is -2.17. The molecule has 1 heterocycles. The number of terminal acetylenes is 1. The number of ether oxygens (including phenoxy) is 2. The van der Waals surface area contributed by atoms with Crippen molar-refractivity contribution in [2.24, 2.45) is 0 Å². The van der Waals surface area contributed by atoms with E-state index in [4.69, 9.17) is 15.9 Å². The first-order valence-corrected chi connectivity index (χ1v) is 7.82. The number of aromatic nitrogens is 2. The number of nitrogens with zero attached hydrogens (tertiary/aromatic N) is 3. The second-order valence-electron chi connectivity index (χ2n) is 5.55. The maximum absolute atomic E-state index is 5.60. The minimum absolute atomic E-state index is 0.404. The Bertz CT molecular complexity index is 925. The fourth-order valence-corrected chi connectivity index (χ4v) is 2.63. The molecule has 0 unspecified atom stereocenters. The van der Waals surface area contributed by atoms with E-state index in [-0.39, 0.29) is 0 Å². The van der Waals surface area contributed by atoms with Crippen LogP contribution in [0.2, 0.25) is 0 Å². The van der Waals surface area contributed by atoms with Crippen LogP contribution in [0.15, 0.2) is 42.6 Å². The quantitative estimate of drug-likeness (QED) is 0.666. The molecule has 126 valence electrons. The number of anilines is 2. The van der Waals surface area contributed by atoms with Gasteiger partial charge in [-0.3, -0.25) is 4.98 Å². The highest BCUT2D eigenvalue weighted by Gasteiger charge is 2.13. The Hall–Kier alpha value is -3.26. The number of hydrogen-bond acceptors (Lipinski definition) is 5. The molecule has 0 amide bonds. The van der Waals surface area contributed by atoms with Crippen molar-refractivity contribution >= 4 is 22.4 Å². The summed E-state index contributed by atoms with van der Waals surface area (Å²) in [4.78, 5) is 11.0. The molecule has 0 bridgehead atoms. The van der Waals surface area contributed by atoms with Gasteiger partial charge in [0, 0.05) is 35.8 Å². The lowest BCUT2D eigenvalue weighted by molar-refractivity contribution is 0.394. The summed E-state index contributed by atoms with van der Waals surface area (Å²) < 4.78 is 10.7. The molecule has 0 radical (unpaired) electrons. The van der Waals surface area contributed by atoms with E-state index in [2.05, 4.69) is 15.9 Å². The van der Waals surface area contributed by atoms with E-state index < -0.39 is 0 Å². The summed E-state index contributed by atoms with van der Waals surface area (Å²) in [5.74, 6) is 4.11. The summed E-state index contributed by atoms with van der Waals surface area (Å²) in [5.41, 5.74) is 4.36. The average molecular weight is 333 g/mol. The highest BCUT2D eigenvalue weighted by Crippen LogP contribution is 2.33. The number of methoxy groups -OCH3 is 2. The van der Waals surface area contributed by atoms with Crippen LogP contribution >= 0.6 is 0 Å². The molecule has 0 atom stereocenters. The summed E-state index contributed by atoms with van der Waals surface area (Å²) in [7, 11) is 3.25. The Balaban J connectivity index is 2.11. The SMILES string of the molecule is C#CCN(c1cc(OC)cc(OC)c1)c1ccc2ncc(C)nc2c1. The van der Waals surface area contributed by atoms with Gasteiger partial charge in [-0.05, 0) is 25.1 Å². The lowest BCUT2D eigenvalue weighted by atomic mass is 10.2. The number of benzene rings is 2. The highest BCUT2D eigenvalue weighted by atomic mass is 16.5. The Labute approximate surface area is 147 Å². The Morgan fingerprint density at radius 3 is 2.36 bits per heavy atom. The molecule has 0 fully saturated rings. The zero-order valence-corrected chi connectivity index (χ0v) is 14.5. The van der Waals surface area contributed by atoms with Crippen LogP contribution in [0, 0.1) is 19.3 Å². The van der Waals surface area contributed by atoms with Crippen molar-refractivity contribution < 1.29 is 9.47 Å². The third-order valence-corrected chi connectivity index (χ3v) is 3.86. The van der Waals surface area contributed by atoms with Crippen molar-refractivity contribution in [1.29, 1.82) is 0 Å². The topological polar surface area (TPSA) is 47.5 Å². The fourth-order valence-electron chi connectivity index (χ4n) is 2.63. The van der Waals surface area contributed by atoms with Crippen LogP contribution in [0.25, 0.3) is 11.0 Å². The average Bonchev–Trinajstić information content (AvgIpc) is 2.65. The van der Waals surface area contributed by atoms with Crippen molar-refractivity contribution in [1.82, 2.24) is 9.97 Å². The van der Waals surface area contributed by atoms with E-state index >= 15 is 0 Å². The molecule has 0 aliphatic rings. The number of fused-ring (bicyclic) bond motifs is 1. The van der Waals surface area contributed by atoms with Crippen LogP contribution in [0.3, 0.4) is 0 Å². The van der Waals surface area contributed by atoms with Gasteiger partial charge >= 0.3 is 0 Å². The van der Waals surface area contributed by atoms with E-state index in [9.17, 15) is 0 Å². The third-order valence-electron chi connectivity index (χ3n) is 3.86. The first-order valence-electron chi connectivity index (χ1n) is 7.82. The van der Waals surface area contributed by atoms with Crippen LogP contribution in [0.4, 0.5) is 11.4 Å². The molecular weight excluding hydrogens is 314 g/mol. The number of rotatable bonds is 5. The summed E-state index contributed by atoms with van der Waals surface area (Å²) in [6.07, 6.45) is 7.36. The third kappa shape index (κ3) is 3.48. The minimum atomic E-state index is 0.404. The second-order valence-corrected chi connectivity index (χ2v) is 5.55. The molecule has 3 rings (SSSR count). The fraction of sp³-hybridized carbons (Fsp3) is 0.200. The molecule has 3 aromatic rings. The molecule has 0 spiro atoms. The van der Waals surface area contributed by atoms with Crippen molar-refractivity contribution in [3.63, 3.8) is 0 Å². The zero-order valence-electron chi connectivity index (χ0n) is 14.5. The first kappa shape index (κ1) is 16.6. The van der Waals surface area contributed by atoms with Gasteiger partial charge in [-0.15, -0.1) is 6.42 Å². The van der Waals surface area contributed by atoms with E-state index in [0.717, 1.165) is 28.1 Å².